The van der Waals surface area contributed by atoms with Crippen LogP contribution in [0.2, 0.25) is 0 Å². The highest BCUT2D eigenvalue weighted by molar-refractivity contribution is 6.18. The first kappa shape index (κ1) is 36.1. The number of rotatable bonds is 11. The summed E-state index contributed by atoms with van der Waals surface area (Å²) in [5.41, 5.74) is 1.90. The monoisotopic (exact) mass is 643 g/mol. The highest BCUT2D eigenvalue weighted by atomic mass is 35.5. The number of hydrogen-bond acceptors (Lipinski definition) is 8. The van der Waals surface area contributed by atoms with Crippen molar-refractivity contribution >= 4 is 23.0 Å². The van der Waals surface area contributed by atoms with Crippen LogP contribution in [0.3, 0.4) is 0 Å². The molecule has 2 heterocycles. The van der Waals surface area contributed by atoms with Gasteiger partial charge in [-0.2, -0.15) is 5.26 Å². The van der Waals surface area contributed by atoms with E-state index < -0.39 is 0 Å². The molecule has 5 rings (SSSR count). The van der Waals surface area contributed by atoms with Gasteiger partial charge in [-0.05, 0) is 48.5 Å². The molecule has 0 aromatic heterocycles. The zero-order valence-electron chi connectivity index (χ0n) is 26.2. The van der Waals surface area contributed by atoms with E-state index in [9.17, 15) is 0 Å². The first-order valence-electron chi connectivity index (χ1n) is 15.4. The van der Waals surface area contributed by atoms with E-state index in [1.807, 2.05) is 24.3 Å². The summed E-state index contributed by atoms with van der Waals surface area (Å²) in [6.07, 6.45) is 0. The molecule has 3 aromatic rings. The molecule has 0 amide bonds. The van der Waals surface area contributed by atoms with E-state index >= 15 is 0 Å². The van der Waals surface area contributed by atoms with Crippen LogP contribution in [0.5, 0.6) is 17.2 Å². The lowest BCUT2D eigenvalue weighted by Gasteiger charge is -2.34. The molecule has 46 heavy (non-hydrogen) atoms. The summed E-state index contributed by atoms with van der Waals surface area (Å²) >= 11 is 5.44. The average Bonchev–Trinajstić information content (AvgIpc) is 3.13. The van der Waals surface area contributed by atoms with Gasteiger partial charge in [0.05, 0.1) is 30.7 Å². The van der Waals surface area contributed by atoms with Crippen LogP contribution in [0, 0.1) is 24.5 Å². The summed E-state index contributed by atoms with van der Waals surface area (Å²) in [5, 5.41) is 15.3. The minimum absolute atomic E-state index is 0.477. The van der Waals surface area contributed by atoms with Crippen molar-refractivity contribution < 1.29 is 14.2 Å². The molecule has 0 spiro atoms. The van der Waals surface area contributed by atoms with Crippen molar-refractivity contribution in [2.24, 2.45) is 0 Å². The fraction of sp³-hybridized carbons (Fsp3) is 0.400. The van der Waals surface area contributed by atoms with Crippen LogP contribution < -0.4 is 24.8 Å². The van der Waals surface area contributed by atoms with Gasteiger partial charge in [0.1, 0.15) is 37.1 Å². The van der Waals surface area contributed by atoms with Gasteiger partial charge in [-0.3, -0.25) is 9.80 Å². The summed E-state index contributed by atoms with van der Waals surface area (Å²) in [6.45, 7) is 25.9. The van der Waals surface area contributed by atoms with Gasteiger partial charge in [0.25, 0.3) is 0 Å². The smallest absolute Gasteiger partial charge is 0.187 e. The van der Waals surface area contributed by atoms with Gasteiger partial charge in [0.15, 0.2) is 11.4 Å². The van der Waals surface area contributed by atoms with E-state index in [4.69, 9.17) is 44.2 Å². The maximum atomic E-state index is 8.81. The molecule has 2 saturated heterocycles. The van der Waals surface area contributed by atoms with Gasteiger partial charge in [-0.25, -0.2) is 9.69 Å². The zero-order valence-corrected chi connectivity index (χ0v) is 26.9. The second-order valence-electron chi connectivity index (χ2n) is 10.3. The van der Waals surface area contributed by atoms with E-state index in [1.54, 1.807) is 48.5 Å². The number of benzene rings is 3. The molecular formula is C35H42ClN7O3. The molecule has 2 N–H and O–H groups in total. The number of nitrogens with one attached hydrogen (secondary N) is 2. The lowest BCUT2D eigenvalue weighted by atomic mass is 10.2. The number of nitrogens with zero attached hydrogens (tertiary/aromatic N) is 5. The first-order valence-corrected chi connectivity index (χ1v) is 15.9. The third kappa shape index (κ3) is 14.6. The molecular weight excluding hydrogens is 602 g/mol. The minimum atomic E-state index is 0.477. The summed E-state index contributed by atoms with van der Waals surface area (Å²) < 4.78 is 16.7. The van der Waals surface area contributed by atoms with Crippen LogP contribution >= 0.6 is 11.6 Å². The van der Waals surface area contributed by atoms with Gasteiger partial charge in [-0.15, -0.1) is 11.6 Å². The maximum Gasteiger partial charge on any atom is 0.187 e. The second-order valence-corrected chi connectivity index (χ2v) is 10.6. The third-order valence-corrected chi connectivity index (χ3v) is 7.19. The molecule has 0 atom stereocenters. The van der Waals surface area contributed by atoms with Crippen molar-refractivity contribution in [1.82, 2.24) is 20.4 Å². The standard InChI is InChI=1S/C22H24N4O2.C9H8ClNO.C4H10N2/c1-24-20-4-8-22(9-5-20)28-17-15-26-12-10-25(11-13-26)14-16-27-21-6-2-19(18-23)3-7-21;1-11-8-2-4-9(5-3-8)12-7-6-10;1-2-6-4-3-5-1/h2-9H,10-17H2;2-5H,6-7H2;5-6H,1-4H2. The van der Waals surface area contributed by atoms with Gasteiger partial charge in [-0.1, -0.05) is 24.3 Å². The van der Waals surface area contributed by atoms with Gasteiger partial charge in [0.2, 0.25) is 0 Å². The predicted molar refractivity (Wildman–Crippen MR) is 182 cm³/mol. The quantitative estimate of drug-likeness (QED) is 0.217. The van der Waals surface area contributed by atoms with Gasteiger partial charge >= 0.3 is 0 Å². The number of halogens is 1. The van der Waals surface area contributed by atoms with E-state index in [-0.39, 0.29) is 0 Å². The Bertz CT molecular complexity index is 1290. The number of nitriles is 1. The third-order valence-electron chi connectivity index (χ3n) is 7.04. The van der Waals surface area contributed by atoms with Crippen molar-refractivity contribution in [2.45, 2.75) is 0 Å². The Morgan fingerprint density at radius 2 is 1.00 bits per heavy atom. The van der Waals surface area contributed by atoms with Gasteiger partial charge < -0.3 is 24.8 Å². The molecule has 3 aromatic carbocycles. The number of ether oxygens (including phenoxy) is 3. The lowest BCUT2D eigenvalue weighted by Crippen LogP contribution is -2.48. The highest BCUT2D eigenvalue weighted by Gasteiger charge is 2.16. The fourth-order valence-electron chi connectivity index (χ4n) is 4.44. The Morgan fingerprint density at radius 3 is 1.33 bits per heavy atom. The Hall–Kier alpha value is -4.34. The predicted octanol–water partition coefficient (Wildman–Crippen LogP) is 5.22. The van der Waals surface area contributed by atoms with Crippen molar-refractivity contribution in [3.05, 3.63) is 101 Å². The first-order chi connectivity index (χ1) is 22.6. The topological polar surface area (TPSA) is 90.7 Å². The Labute approximate surface area is 278 Å². The van der Waals surface area contributed by atoms with Crippen LogP contribution in [-0.2, 0) is 0 Å². The molecule has 0 aliphatic carbocycles. The van der Waals surface area contributed by atoms with Crippen LogP contribution in [-0.4, -0.2) is 101 Å². The number of piperazine rings is 2. The number of hydrogen-bond donors (Lipinski definition) is 2. The van der Waals surface area contributed by atoms with E-state index in [0.717, 1.165) is 82.7 Å². The van der Waals surface area contributed by atoms with Crippen molar-refractivity contribution in [1.29, 1.82) is 5.26 Å². The van der Waals surface area contributed by atoms with Crippen LogP contribution in [0.15, 0.2) is 72.8 Å². The van der Waals surface area contributed by atoms with Crippen LogP contribution in [0.25, 0.3) is 9.69 Å². The second kappa shape index (κ2) is 22.2. The molecule has 242 valence electrons. The van der Waals surface area contributed by atoms with Crippen LogP contribution in [0.1, 0.15) is 5.56 Å². The molecule has 0 radical (unpaired) electrons. The van der Waals surface area contributed by atoms with Crippen molar-refractivity contribution in [2.75, 3.05) is 91.1 Å². The molecule has 0 saturated carbocycles. The molecule has 0 unspecified atom stereocenters. The Kier molecular flexibility index (Phi) is 17.4. The van der Waals surface area contributed by atoms with E-state index in [1.165, 1.54) is 0 Å². The fourth-order valence-corrected chi connectivity index (χ4v) is 4.52. The largest absolute Gasteiger partial charge is 0.492 e. The molecule has 2 aliphatic rings. The summed E-state index contributed by atoms with van der Waals surface area (Å²) in [4.78, 5) is 11.5. The highest BCUT2D eigenvalue weighted by Crippen LogP contribution is 2.19. The Balaban J connectivity index is 0.000000260. The zero-order chi connectivity index (χ0) is 32.7. The molecule has 10 nitrogen and oxygen atoms in total. The SMILES string of the molecule is C1CNCCN1.[C-]#[N+]c1ccc(OCCCl)cc1.[C-]#[N+]c1ccc(OCCN2CCN(CCOc3ccc(C#N)cc3)CC2)cc1. The molecule has 2 aliphatic heterocycles. The molecule has 2 fully saturated rings. The summed E-state index contributed by atoms with van der Waals surface area (Å²) in [6, 6.07) is 23.5. The number of alkyl halides is 1. The summed E-state index contributed by atoms with van der Waals surface area (Å²) in [5.74, 6) is 2.85. The maximum absolute atomic E-state index is 8.81. The van der Waals surface area contributed by atoms with Crippen LogP contribution in [0.4, 0.5) is 11.4 Å². The minimum Gasteiger partial charge on any atom is -0.492 e. The van der Waals surface area contributed by atoms with E-state index in [2.05, 4.69) is 36.2 Å². The summed E-state index contributed by atoms with van der Waals surface area (Å²) in [7, 11) is 0. The van der Waals surface area contributed by atoms with Crippen molar-refractivity contribution in [3.8, 4) is 23.3 Å². The Morgan fingerprint density at radius 1 is 0.630 bits per heavy atom. The van der Waals surface area contributed by atoms with Gasteiger partial charge in [0, 0.05) is 65.4 Å². The average molecular weight is 644 g/mol. The molecule has 11 heteroatoms. The lowest BCUT2D eigenvalue weighted by molar-refractivity contribution is 0.105. The van der Waals surface area contributed by atoms with Crippen molar-refractivity contribution in [3.63, 3.8) is 0 Å². The van der Waals surface area contributed by atoms with E-state index in [0.29, 0.717) is 42.6 Å². The normalized spacial score (nSPS) is 14.5. The molecule has 0 bridgehead atoms.